The largest absolute Gasteiger partial charge is 0.337 e. The number of carbonyl (C=O) groups excluding carboxylic acids is 1. The summed E-state index contributed by atoms with van der Waals surface area (Å²) in [4.78, 5) is 13.7. The van der Waals surface area contributed by atoms with Crippen LogP contribution in [0, 0.1) is 0 Å². The van der Waals surface area contributed by atoms with Crippen molar-refractivity contribution in [3.63, 3.8) is 0 Å². The van der Waals surface area contributed by atoms with Crippen molar-refractivity contribution in [1.82, 2.24) is 10.2 Å². The molecule has 19 heavy (non-hydrogen) atoms. The van der Waals surface area contributed by atoms with Crippen LogP contribution in [-0.2, 0) is 5.41 Å². The van der Waals surface area contributed by atoms with Crippen LogP contribution in [0.25, 0.3) is 0 Å². The van der Waals surface area contributed by atoms with E-state index < -0.39 is 0 Å². The lowest BCUT2D eigenvalue weighted by molar-refractivity contribution is 0.201. The summed E-state index contributed by atoms with van der Waals surface area (Å²) in [7, 11) is 0. The summed E-state index contributed by atoms with van der Waals surface area (Å²) >= 11 is 6.22. The van der Waals surface area contributed by atoms with Gasteiger partial charge in [0.2, 0.25) is 0 Å². The molecule has 1 aromatic carbocycles. The third-order valence-electron chi connectivity index (χ3n) is 3.34. The molecule has 0 aromatic heterocycles. The number of nitrogens with one attached hydrogen (secondary N) is 1. The SMILES string of the molecule is CCN(CC)C(=O)NCC(C)(C)c1ccccc1Cl. The van der Waals surface area contributed by atoms with Crippen molar-refractivity contribution in [2.75, 3.05) is 19.6 Å². The van der Waals surface area contributed by atoms with E-state index in [9.17, 15) is 4.79 Å². The lowest BCUT2D eigenvalue weighted by Gasteiger charge is -2.28. The average molecular weight is 283 g/mol. The van der Waals surface area contributed by atoms with Crippen molar-refractivity contribution in [2.24, 2.45) is 0 Å². The molecular formula is C15H23ClN2O. The fourth-order valence-corrected chi connectivity index (χ4v) is 2.42. The highest BCUT2D eigenvalue weighted by Gasteiger charge is 2.24. The molecule has 0 bridgehead atoms. The highest BCUT2D eigenvalue weighted by Crippen LogP contribution is 2.28. The Kier molecular flexibility index (Phi) is 5.67. The van der Waals surface area contributed by atoms with E-state index in [4.69, 9.17) is 11.6 Å². The normalized spacial score (nSPS) is 11.2. The summed E-state index contributed by atoms with van der Waals surface area (Å²) in [6.45, 7) is 10.1. The standard InChI is InChI=1S/C15H23ClN2O/c1-5-18(6-2)14(19)17-11-15(3,4)12-9-7-8-10-13(12)16/h7-10H,5-6,11H2,1-4H3,(H,17,19). The second-order valence-corrected chi connectivity index (χ2v) is 5.60. The summed E-state index contributed by atoms with van der Waals surface area (Å²) in [6.07, 6.45) is 0. The number of rotatable bonds is 5. The number of nitrogens with zero attached hydrogens (tertiary/aromatic N) is 1. The van der Waals surface area contributed by atoms with Gasteiger partial charge < -0.3 is 10.2 Å². The second-order valence-electron chi connectivity index (χ2n) is 5.19. The Morgan fingerprint density at radius 3 is 2.37 bits per heavy atom. The predicted octanol–water partition coefficient (Wildman–Crippen LogP) is 3.67. The maximum atomic E-state index is 12.0. The molecule has 4 heteroatoms. The first kappa shape index (κ1) is 15.8. The highest BCUT2D eigenvalue weighted by atomic mass is 35.5. The molecule has 0 aliphatic rings. The van der Waals surface area contributed by atoms with Crippen LogP contribution in [0.3, 0.4) is 0 Å². The van der Waals surface area contributed by atoms with Gasteiger partial charge in [-0.1, -0.05) is 43.6 Å². The molecule has 3 nitrogen and oxygen atoms in total. The number of carbonyl (C=O) groups is 1. The maximum absolute atomic E-state index is 12.0. The van der Waals surface area contributed by atoms with Gasteiger partial charge in [0.1, 0.15) is 0 Å². The van der Waals surface area contributed by atoms with Gasteiger partial charge in [0.05, 0.1) is 0 Å². The monoisotopic (exact) mass is 282 g/mol. The number of urea groups is 1. The Bertz CT molecular complexity index is 428. The Labute approximate surface area is 120 Å². The molecule has 0 spiro atoms. The minimum atomic E-state index is -0.193. The summed E-state index contributed by atoms with van der Waals surface area (Å²) in [5.74, 6) is 0. The molecule has 0 saturated carbocycles. The fourth-order valence-electron chi connectivity index (χ4n) is 2.02. The zero-order valence-corrected chi connectivity index (χ0v) is 12.9. The quantitative estimate of drug-likeness (QED) is 0.878. The minimum absolute atomic E-state index is 0.0230. The zero-order chi connectivity index (χ0) is 14.5. The molecule has 1 N–H and O–H groups in total. The molecule has 106 valence electrons. The van der Waals surface area contributed by atoms with Crippen molar-refractivity contribution in [2.45, 2.75) is 33.1 Å². The molecule has 0 aliphatic heterocycles. The van der Waals surface area contributed by atoms with Crippen LogP contribution in [0.15, 0.2) is 24.3 Å². The molecule has 0 unspecified atom stereocenters. The third-order valence-corrected chi connectivity index (χ3v) is 3.66. The molecule has 0 saturated heterocycles. The van der Waals surface area contributed by atoms with Gasteiger partial charge in [-0.05, 0) is 25.5 Å². The summed E-state index contributed by atoms with van der Waals surface area (Å²) in [6, 6.07) is 7.74. The van der Waals surface area contributed by atoms with Crippen LogP contribution in [0.1, 0.15) is 33.3 Å². The molecule has 0 atom stereocenters. The number of hydrogen-bond acceptors (Lipinski definition) is 1. The first-order chi connectivity index (χ1) is 8.92. The first-order valence-electron chi connectivity index (χ1n) is 6.70. The molecule has 0 radical (unpaired) electrons. The molecule has 0 heterocycles. The molecule has 0 aliphatic carbocycles. The highest BCUT2D eigenvalue weighted by molar-refractivity contribution is 6.31. The van der Waals surface area contributed by atoms with Crippen LogP contribution in [0.2, 0.25) is 5.02 Å². The fraction of sp³-hybridized carbons (Fsp3) is 0.533. The number of benzene rings is 1. The molecular weight excluding hydrogens is 260 g/mol. The van der Waals surface area contributed by atoms with Crippen LogP contribution in [-0.4, -0.2) is 30.6 Å². The van der Waals surface area contributed by atoms with Gasteiger partial charge in [0.15, 0.2) is 0 Å². The van der Waals surface area contributed by atoms with E-state index in [2.05, 4.69) is 19.2 Å². The van der Waals surface area contributed by atoms with Gasteiger partial charge in [-0.3, -0.25) is 0 Å². The summed E-state index contributed by atoms with van der Waals surface area (Å²) < 4.78 is 0. The van der Waals surface area contributed by atoms with Gasteiger partial charge in [0, 0.05) is 30.1 Å². The smallest absolute Gasteiger partial charge is 0.317 e. The van der Waals surface area contributed by atoms with Crippen molar-refractivity contribution >= 4 is 17.6 Å². The van der Waals surface area contributed by atoms with E-state index in [1.807, 2.05) is 38.1 Å². The average Bonchev–Trinajstić information content (AvgIpc) is 2.38. The summed E-state index contributed by atoms with van der Waals surface area (Å²) in [5.41, 5.74) is 0.859. The molecule has 1 rings (SSSR count). The van der Waals surface area contributed by atoms with Gasteiger partial charge in [-0.2, -0.15) is 0 Å². The first-order valence-corrected chi connectivity index (χ1v) is 7.08. The van der Waals surface area contributed by atoms with E-state index in [1.54, 1.807) is 4.90 Å². The predicted molar refractivity (Wildman–Crippen MR) is 80.8 cm³/mol. The van der Waals surface area contributed by atoms with E-state index in [0.29, 0.717) is 6.54 Å². The van der Waals surface area contributed by atoms with Crippen molar-refractivity contribution in [3.8, 4) is 0 Å². The van der Waals surface area contributed by atoms with E-state index in [0.717, 1.165) is 23.7 Å². The number of hydrogen-bond donors (Lipinski definition) is 1. The minimum Gasteiger partial charge on any atom is -0.337 e. The summed E-state index contributed by atoms with van der Waals surface area (Å²) in [5, 5.41) is 3.72. The van der Waals surface area contributed by atoms with Gasteiger partial charge >= 0.3 is 6.03 Å². The Morgan fingerprint density at radius 2 is 1.84 bits per heavy atom. The van der Waals surface area contributed by atoms with Crippen LogP contribution < -0.4 is 5.32 Å². The van der Waals surface area contributed by atoms with Crippen molar-refractivity contribution < 1.29 is 4.79 Å². The Hall–Kier alpha value is -1.22. The Balaban J connectivity index is 2.71. The lowest BCUT2D eigenvalue weighted by Crippen LogP contribution is -2.44. The molecule has 0 fully saturated rings. The maximum Gasteiger partial charge on any atom is 0.317 e. The number of halogens is 1. The van der Waals surface area contributed by atoms with Crippen molar-refractivity contribution in [3.05, 3.63) is 34.9 Å². The van der Waals surface area contributed by atoms with E-state index in [-0.39, 0.29) is 11.4 Å². The van der Waals surface area contributed by atoms with Gasteiger partial charge in [-0.15, -0.1) is 0 Å². The molecule has 1 aromatic rings. The van der Waals surface area contributed by atoms with E-state index in [1.165, 1.54) is 0 Å². The third kappa shape index (κ3) is 4.13. The lowest BCUT2D eigenvalue weighted by atomic mass is 9.84. The van der Waals surface area contributed by atoms with Crippen LogP contribution >= 0.6 is 11.6 Å². The Morgan fingerprint density at radius 1 is 1.26 bits per heavy atom. The van der Waals surface area contributed by atoms with Gasteiger partial charge in [0.25, 0.3) is 0 Å². The van der Waals surface area contributed by atoms with E-state index >= 15 is 0 Å². The second kappa shape index (κ2) is 6.80. The van der Waals surface area contributed by atoms with Crippen LogP contribution in [0.4, 0.5) is 4.79 Å². The topological polar surface area (TPSA) is 32.3 Å². The van der Waals surface area contributed by atoms with Crippen molar-refractivity contribution in [1.29, 1.82) is 0 Å². The van der Waals surface area contributed by atoms with Crippen LogP contribution in [0.5, 0.6) is 0 Å². The van der Waals surface area contributed by atoms with Gasteiger partial charge in [-0.25, -0.2) is 4.79 Å². The number of amides is 2. The zero-order valence-electron chi connectivity index (χ0n) is 12.2. The molecule has 2 amide bonds.